The highest BCUT2D eigenvalue weighted by Crippen LogP contribution is 2.31. The van der Waals surface area contributed by atoms with E-state index in [1.54, 1.807) is 0 Å². The molecule has 1 aliphatic rings. The molecule has 0 saturated carbocycles. The molecule has 4 aromatic rings. The van der Waals surface area contributed by atoms with Crippen LogP contribution < -0.4 is 5.32 Å². The largest absolute Gasteiger partial charge is 0.416 e. The number of benzene rings is 2. The van der Waals surface area contributed by atoms with Crippen molar-refractivity contribution in [2.45, 2.75) is 18.8 Å². The van der Waals surface area contributed by atoms with Crippen LogP contribution >= 0.6 is 0 Å². The Labute approximate surface area is 207 Å². The number of carbonyl (C=O) groups excluding carboxylic acids is 1. The number of carbonyl (C=O) groups is 1. The van der Waals surface area contributed by atoms with E-state index in [2.05, 4.69) is 20.1 Å². The second-order valence-corrected chi connectivity index (χ2v) is 8.89. The highest BCUT2D eigenvalue weighted by atomic mass is 19.4. The van der Waals surface area contributed by atoms with E-state index in [0.29, 0.717) is 19.6 Å². The van der Waals surface area contributed by atoms with Crippen LogP contribution in [0.2, 0.25) is 0 Å². The lowest BCUT2D eigenvalue weighted by molar-refractivity contribution is -0.137. The number of halogens is 3. The molecule has 1 amide bonds. The number of aromatic nitrogens is 2. The van der Waals surface area contributed by atoms with Gasteiger partial charge in [0.05, 0.1) is 11.3 Å². The fourth-order valence-electron chi connectivity index (χ4n) is 4.62. The van der Waals surface area contributed by atoms with Gasteiger partial charge in [-0.25, -0.2) is 4.98 Å². The molecule has 1 N–H and O–H groups in total. The monoisotopic (exact) mass is 493 g/mol. The molecule has 0 aliphatic carbocycles. The number of hydrogen-bond acceptors (Lipinski definition) is 4. The zero-order valence-corrected chi connectivity index (χ0v) is 19.5. The molecule has 2 aromatic carbocycles. The SMILES string of the molecule is O=C(Nc1cccc(C(F)(F)F)c1)[C@@H](c1ccccc1)N1CCN(Cc2cn3ccccc3n2)CC1. The highest BCUT2D eigenvalue weighted by Gasteiger charge is 2.33. The third kappa shape index (κ3) is 5.42. The number of amides is 1. The van der Waals surface area contributed by atoms with Crippen LogP contribution in [0.4, 0.5) is 18.9 Å². The van der Waals surface area contributed by atoms with Crippen molar-refractivity contribution >= 4 is 17.2 Å². The molecule has 0 unspecified atom stereocenters. The highest BCUT2D eigenvalue weighted by molar-refractivity contribution is 5.95. The summed E-state index contributed by atoms with van der Waals surface area (Å²) in [4.78, 5) is 22.4. The molecular weight excluding hydrogens is 467 g/mol. The number of anilines is 1. The van der Waals surface area contributed by atoms with Gasteiger partial charge < -0.3 is 9.72 Å². The molecule has 186 valence electrons. The van der Waals surface area contributed by atoms with Gasteiger partial charge >= 0.3 is 6.18 Å². The second-order valence-electron chi connectivity index (χ2n) is 8.89. The van der Waals surface area contributed by atoms with Crippen LogP contribution in [0.15, 0.2) is 85.2 Å². The number of nitrogens with one attached hydrogen (secondary N) is 1. The summed E-state index contributed by atoms with van der Waals surface area (Å²) in [5.41, 5.74) is 2.02. The molecule has 1 atom stereocenters. The summed E-state index contributed by atoms with van der Waals surface area (Å²) in [7, 11) is 0. The minimum atomic E-state index is -4.48. The molecule has 2 aromatic heterocycles. The van der Waals surface area contributed by atoms with Crippen molar-refractivity contribution in [3.05, 3.63) is 102 Å². The Balaban J connectivity index is 1.29. The lowest BCUT2D eigenvalue weighted by atomic mass is 10.0. The van der Waals surface area contributed by atoms with Crippen molar-refractivity contribution in [3.8, 4) is 0 Å². The van der Waals surface area contributed by atoms with E-state index < -0.39 is 17.8 Å². The summed E-state index contributed by atoms with van der Waals surface area (Å²) in [6, 6.07) is 19.4. The Hall–Kier alpha value is -3.69. The van der Waals surface area contributed by atoms with E-state index in [-0.39, 0.29) is 11.6 Å². The van der Waals surface area contributed by atoms with E-state index in [4.69, 9.17) is 0 Å². The first-order valence-electron chi connectivity index (χ1n) is 11.8. The molecule has 0 spiro atoms. The lowest BCUT2D eigenvalue weighted by Crippen LogP contribution is -2.49. The minimum Gasteiger partial charge on any atom is -0.324 e. The maximum Gasteiger partial charge on any atom is 0.416 e. The Morgan fingerprint density at radius 2 is 1.69 bits per heavy atom. The van der Waals surface area contributed by atoms with Gasteiger partial charge in [0.2, 0.25) is 5.91 Å². The molecule has 0 bridgehead atoms. The van der Waals surface area contributed by atoms with E-state index in [1.807, 2.05) is 65.3 Å². The summed E-state index contributed by atoms with van der Waals surface area (Å²) in [5.74, 6) is -0.352. The lowest BCUT2D eigenvalue weighted by Gasteiger charge is -2.38. The third-order valence-corrected chi connectivity index (χ3v) is 6.39. The van der Waals surface area contributed by atoms with Crippen molar-refractivity contribution in [1.29, 1.82) is 0 Å². The molecule has 1 aliphatic heterocycles. The van der Waals surface area contributed by atoms with E-state index >= 15 is 0 Å². The number of imidazole rings is 1. The van der Waals surface area contributed by atoms with Crippen LogP contribution in [0, 0.1) is 0 Å². The maximum absolute atomic E-state index is 13.4. The normalized spacial score (nSPS) is 16.2. The maximum atomic E-state index is 13.4. The van der Waals surface area contributed by atoms with E-state index in [0.717, 1.165) is 42.1 Å². The van der Waals surface area contributed by atoms with Gasteiger partial charge in [-0.2, -0.15) is 13.2 Å². The van der Waals surface area contributed by atoms with Crippen LogP contribution in [-0.2, 0) is 17.5 Å². The van der Waals surface area contributed by atoms with Gasteiger partial charge in [0.15, 0.2) is 0 Å². The molecule has 9 heteroatoms. The Kier molecular flexibility index (Phi) is 6.75. The van der Waals surface area contributed by atoms with Crippen LogP contribution in [0.1, 0.15) is 22.9 Å². The van der Waals surface area contributed by atoms with Crippen molar-refractivity contribution in [1.82, 2.24) is 19.2 Å². The molecule has 1 saturated heterocycles. The van der Waals surface area contributed by atoms with E-state index in [9.17, 15) is 18.0 Å². The molecule has 6 nitrogen and oxygen atoms in total. The van der Waals surface area contributed by atoms with Crippen molar-refractivity contribution < 1.29 is 18.0 Å². The molecular formula is C27H26F3N5O. The minimum absolute atomic E-state index is 0.126. The number of nitrogens with zero attached hydrogens (tertiary/aromatic N) is 4. The standard InChI is InChI=1S/C27H26F3N5O/c28-27(29,30)21-9-6-10-22(17-21)32-26(36)25(20-7-2-1-3-8-20)34-15-13-33(14-16-34)18-23-19-35-12-5-4-11-24(35)31-23/h1-12,17,19,25H,13-16,18H2,(H,32,36)/t25-/m1/s1. The molecule has 5 rings (SSSR count). The molecule has 1 fully saturated rings. The Morgan fingerprint density at radius 3 is 2.42 bits per heavy atom. The second kappa shape index (κ2) is 10.1. The number of piperazine rings is 1. The zero-order chi connectivity index (χ0) is 25.1. The van der Waals surface area contributed by atoms with Crippen molar-refractivity contribution in [3.63, 3.8) is 0 Å². The Morgan fingerprint density at radius 1 is 0.944 bits per heavy atom. The van der Waals surface area contributed by atoms with Crippen LogP contribution in [0.5, 0.6) is 0 Å². The molecule has 0 radical (unpaired) electrons. The number of hydrogen-bond donors (Lipinski definition) is 1. The summed E-state index contributed by atoms with van der Waals surface area (Å²) >= 11 is 0. The predicted octanol–water partition coefficient (Wildman–Crippen LogP) is 4.85. The fourth-order valence-corrected chi connectivity index (χ4v) is 4.62. The third-order valence-electron chi connectivity index (χ3n) is 6.39. The first-order valence-corrected chi connectivity index (χ1v) is 11.8. The number of pyridine rings is 1. The summed E-state index contributed by atoms with van der Waals surface area (Å²) in [6.45, 7) is 3.48. The average Bonchev–Trinajstić information content (AvgIpc) is 3.28. The number of alkyl halides is 3. The molecule has 3 heterocycles. The van der Waals surface area contributed by atoms with Gasteiger partial charge in [0.25, 0.3) is 0 Å². The van der Waals surface area contributed by atoms with E-state index in [1.165, 1.54) is 12.1 Å². The number of fused-ring (bicyclic) bond motifs is 1. The van der Waals surface area contributed by atoms with Crippen LogP contribution in [0.25, 0.3) is 5.65 Å². The molecule has 36 heavy (non-hydrogen) atoms. The first-order chi connectivity index (χ1) is 17.4. The van der Waals surface area contributed by atoms with Crippen molar-refractivity contribution in [2.24, 2.45) is 0 Å². The summed E-state index contributed by atoms with van der Waals surface area (Å²) in [6.07, 6.45) is -0.481. The fraction of sp³-hybridized carbons (Fsp3) is 0.259. The smallest absolute Gasteiger partial charge is 0.324 e. The predicted molar refractivity (Wildman–Crippen MR) is 131 cm³/mol. The zero-order valence-electron chi connectivity index (χ0n) is 19.5. The van der Waals surface area contributed by atoms with Crippen molar-refractivity contribution in [2.75, 3.05) is 31.5 Å². The van der Waals surface area contributed by atoms with Gasteiger partial charge in [-0.05, 0) is 35.9 Å². The van der Waals surface area contributed by atoms with Gasteiger partial charge in [-0.3, -0.25) is 14.6 Å². The first kappa shape index (κ1) is 24.0. The topological polar surface area (TPSA) is 52.9 Å². The van der Waals surface area contributed by atoms with Crippen LogP contribution in [-0.4, -0.2) is 51.3 Å². The van der Waals surface area contributed by atoms with Gasteiger partial charge in [0.1, 0.15) is 11.7 Å². The van der Waals surface area contributed by atoms with Gasteiger partial charge in [-0.15, -0.1) is 0 Å². The quantitative estimate of drug-likeness (QED) is 0.417. The summed E-state index contributed by atoms with van der Waals surface area (Å²) < 4.78 is 41.4. The van der Waals surface area contributed by atoms with Gasteiger partial charge in [0, 0.05) is 50.8 Å². The average molecular weight is 494 g/mol. The Bertz CT molecular complexity index is 1300. The number of rotatable bonds is 6. The van der Waals surface area contributed by atoms with Gasteiger partial charge in [-0.1, -0.05) is 42.5 Å². The summed E-state index contributed by atoms with van der Waals surface area (Å²) in [5, 5.41) is 2.71. The van der Waals surface area contributed by atoms with Crippen LogP contribution in [0.3, 0.4) is 0 Å².